The van der Waals surface area contributed by atoms with Crippen LogP contribution in [0, 0.1) is 5.92 Å². The molecule has 0 radical (unpaired) electrons. The fourth-order valence-electron chi connectivity index (χ4n) is 2.92. The second-order valence-electron chi connectivity index (χ2n) is 7.94. The van der Waals surface area contributed by atoms with Crippen molar-refractivity contribution in [3.8, 4) is 11.5 Å². The quantitative estimate of drug-likeness (QED) is 0.342. The summed E-state index contributed by atoms with van der Waals surface area (Å²) in [5.74, 6) is 1.77. The molecule has 0 unspecified atom stereocenters. The van der Waals surface area contributed by atoms with Crippen molar-refractivity contribution in [2.24, 2.45) is 5.92 Å². The molecule has 0 aliphatic rings. The molecule has 0 spiro atoms. The van der Waals surface area contributed by atoms with Gasteiger partial charge in [-0.15, -0.1) is 11.6 Å². The number of carbonyl (C=O) groups excluding carboxylic acids is 1. The van der Waals surface area contributed by atoms with Gasteiger partial charge in [-0.25, -0.2) is 4.39 Å². The van der Waals surface area contributed by atoms with Crippen LogP contribution in [0.2, 0.25) is 0 Å². The number of ether oxygens (including phenoxy) is 3. The van der Waals surface area contributed by atoms with Crippen molar-refractivity contribution in [2.45, 2.75) is 39.2 Å². The lowest BCUT2D eigenvalue weighted by Gasteiger charge is -2.26. The predicted octanol–water partition coefficient (Wildman–Crippen LogP) is 5.55. The highest BCUT2D eigenvalue weighted by Crippen LogP contribution is 2.33. The maximum atomic E-state index is 12.9. The highest BCUT2D eigenvalue weighted by molar-refractivity contribution is 6.18. The molecule has 0 amide bonds. The summed E-state index contributed by atoms with van der Waals surface area (Å²) < 4.78 is 29.1. The molecule has 2 atom stereocenters. The number of alkyl halides is 2. The van der Waals surface area contributed by atoms with Crippen LogP contribution in [-0.4, -0.2) is 37.8 Å². The molecule has 6 heteroatoms. The zero-order valence-electron chi connectivity index (χ0n) is 18.0. The van der Waals surface area contributed by atoms with Crippen molar-refractivity contribution in [1.29, 1.82) is 0 Å². The van der Waals surface area contributed by atoms with E-state index in [9.17, 15) is 9.18 Å². The molecular weight excluding hydrogens is 407 g/mol. The van der Waals surface area contributed by atoms with Gasteiger partial charge >= 0.3 is 5.97 Å². The number of benzene rings is 2. The van der Waals surface area contributed by atoms with Crippen LogP contribution in [0.15, 0.2) is 48.5 Å². The largest absolute Gasteiger partial charge is 0.493 e. The molecule has 30 heavy (non-hydrogen) atoms. The zero-order chi connectivity index (χ0) is 22.1. The van der Waals surface area contributed by atoms with Crippen molar-refractivity contribution < 1.29 is 23.4 Å². The third kappa shape index (κ3) is 6.91. The Morgan fingerprint density at radius 1 is 0.967 bits per heavy atom. The molecule has 0 saturated heterocycles. The van der Waals surface area contributed by atoms with E-state index in [1.807, 2.05) is 43.3 Å². The summed E-state index contributed by atoms with van der Waals surface area (Å²) >= 11 is 5.82. The first-order chi connectivity index (χ1) is 14.3. The maximum absolute atomic E-state index is 12.9. The van der Waals surface area contributed by atoms with Crippen LogP contribution in [0.1, 0.15) is 38.8 Å². The van der Waals surface area contributed by atoms with E-state index in [2.05, 4.69) is 26.0 Å². The normalized spacial score (nSPS) is 13.4. The number of rotatable bonds is 11. The monoisotopic (exact) mass is 436 g/mol. The Morgan fingerprint density at radius 3 is 1.83 bits per heavy atom. The van der Waals surface area contributed by atoms with Crippen molar-refractivity contribution in [3.05, 3.63) is 59.7 Å². The van der Waals surface area contributed by atoms with Gasteiger partial charge in [0, 0.05) is 24.1 Å². The Hall–Kier alpha value is -2.27. The average molecular weight is 437 g/mol. The molecule has 0 aliphatic carbocycles. The fourth-order valence-corrected chi connectivity index (χ4v) is 3.01. The van der Waals surface area contributed by atoms with Crippen LogP contribution < -0.4 is 9.47 Å². The number of hydrogen-bond acceptors (Lipinski definition) is 4. The van der Waals surface area contributed by atoms with Crippen molar-refractivity contribution in [1.82, 2.24) is 0 Å². The molecule has 0 aliphatic heterocycles. The van der Waals surface area contributed by atoms with E-state index < -0.39 is 18.7 Å². The lowest BCUT2D eigenvalue weighted by molar-refractivity contribution is -0.148. The molecule has 2 aromatic carbocycles. The molecule has 4 nitrogen and oxygen atoms in total. The van der Waals surface area contributed by atoms with Crippen LogP contribution >= 0.6 is 11.6 Å². The molecular formula is C24H30ClFO4. The summed E-state index contributed by atoms with van der Waals surface area (Å²) in [5, 5.41) is 0. The van der Waals surface area contributed by atoms with Gasteiger partial charge < -0.3 is 14.2 Å². The minimum Gasteiger partial charge on any atom is -0.493 e. The number of esters is 1. The van der Waals surface area contributed by atoms with Gasteiger partial charge in [0.05, 0.1) is 6.61 Å². The molecule has 0 fully saturated rings. The Labute approximate surface area is 183 Å². The van der Waals surface area contributed by atoms with Gasteiger partial charge in [-0.3, -0.25) is 4.79 Å². The summed E-state index contributed by atoms with van der Waals surface area (Å²) in [5.41, 5.74) is 2.04. The van der Waals surface area contributed by atoms with Gasteiger partial charge in [0.1, 0.15) is 24.8 Å². The first-order valence-electron chi connectivity index (χ1n) is 10.0. The Kier molecular flexibility index (Phi) is 8.97. The van der Waals surface area contributed by atoms with Gasteiger partial charge in [-0.1, -0.05) is 45.0 Å². The topological polar surface area (TPSA) is 44.8 Å². The van der Waals surface area contributed by atoms with Gasteiger partial charge in [-0.2, -0.15) is 0 Å². The third-order valence-electron chi connectivity index (χ3n) is 4.89. The van der Waals surface area contributed by atoms with Crippen LogP contribution in [0.25, 0.3) is 0 Å². The lowest BCUT2D eigenvalue weighted by Crippen LogP contribution is -2.26. The van der Waals surface area contributed by atoms with Crippen LogP contribution in [-0.2, 0) is 14.9 Å². The van der Waals surface area contributed by atoms with Gasteiger partial charge in [-0.05, 0) is 35.4 Å². The molecule has 2 rings (SSSR count). The molecule has 2 aromatic rings. The third-order valence-corrected chi connectivity index (χ3v) is 5.42. The molecule has 0 aromatic heterocycles. The van der Waals surface area contributed by atoms with Gasteiger partial charge in [0.25, 0.3) is 0 Å². The van der Waals surface area contributed by atoms with Crippen LogP contribution in [0.5, 0.6) is 11.5 Å². The van der Waals surface area contributed by atoms with Crippen molar-refractivity contribution in [2.75, 3.05) is 25.8 Å². The minimum atomic E-state index is -0.897. The second-order valence-corrected chi connectivity index (χ2v) is 8.25. The molecule has 0 saturated carbocycles. The second kappa shape index (κ2) is 11.2. The zero-order valence-corrected chi connectivity index (χ0v) is 18.7. The van der Waals surface area contributed by atoms with Crippen molar-refractivity contribution in [3.63, 3.8) is 0 Å². The summed E-state index contributed by atoms with van der Waals surface area (Å²) in [7, 11) is 0. The number of halogens is 2. The Bertz CT molecular complexity index is 790. The standard InChI is InChI=1S/C24H30ClFO4/c1-17(13-25)15-28-21-9-5-19(6-10-21)24(3,4)20-7-11-22(12-8-20)29-16-23(14-26)30-18(2)27/h5-12,17,23H,13-16H2,1-4H3/t17-,23-/m1/s1. The van der Waals surface area contributed by atoms with E-state index in [1.54, 1.807) is 0 Å². The fraction of sp³-hybridized carbons (Fsp3) is 0.458. The van der Waals surface area contributed by atoms with E-state index >= 15 is 0 Å². The van der Waals surface area contributed by atoms with E-state index in [-0.39, 0.29) is 12.0 Å². The van der Waals surface area contributed by atoms with E-state index in [4.69, 9.17) is 25.8 Å². The SMILES string of the molecule is CC(=O)O[C@H](CF)COc1ccc(C(C)(C)c2ccc(OC[C@H](C)CCl)cc2)cc1. The molecule has 0 bridgehead atoms. The average Bonchev–Trinajstić information content (AvgIpc) is 2.75. The molecule has 0 heterocycles. The first kappa shape index (κ1) is 24.0. The lowest BCUT2D eigenvalue weighted by atomic mass is 9.78. The van der Waals surface area contributed by atoms with Crippen LogP contribution in [0.3, 0.4) is 0 Å². The van der Waals surface area contributed by atoms with Crippen LogP contribution in [0.4, 0.5) is 4.39 Å². The van der Waals surface area contributed by atoms with Crippen molar-refractivity contribution >= 4 is 17.6 Å². The molecule has 0 N–H and O–H groups in total. The van der Waals surface area contributed by atoms with Gasteiger partial charge in [0.2, 0.25) is 0 Å². The summed E-state index contributed by atoms with van der Waals surface area (Å²) in [6, 6.07) is 15.7. The smallest absolute Gasteiger partial charge is 0.303 e. The first-order valence-corrected chi connectivity index (χ1v) is 10.6. The summed E-state index contributed by atoms with van der Waals surface area (Å²) in [6.45, 7) is 7.37. The number of carbonyl (C=O) groups is 1. The number of hydrogen-bond donors (Lipinski definition) is 0. The Morgan fingerprint density at radius 2 is 1.43 bits per heavy atom. The Balaban J connectivity index is 2.01. The van der Waals surface area contributed by atoms with E-state index in [0.29, 0.717) is 24.2 Å². The molecule has 164 valence electrons. The predicted molar refractivity (Wildman–Crippen MR) is 117 cm³/mol. The van der Waals surface area contributed by atoms with E-state index in [1.165, 1.54) is 6.92 Å². The summed E-state index contributed by atoms with van der Waals surface area (Å²) in [4.78, 5) is 11.0. The maximum Gasteiger partial charge on any atom is 0.303 e. The summed E-state index contributed by atoms with van der Waals surface area (Å²) in [6.07, 6.45) is -0.897. The highest BCUT2D eigenvalue weighted by atomic mass is 35.5. The van der Waals surface area contributed by atoms with Gasteiger partial charge in [0.15, 0.2) is 6.10 Å². The highest BCUT2D eigenvalue weighted by Gasteiger charge is 2.23. The van der Waals surface area contributed by atoms with E-state index in [0.717, 1.165) is 16.9 Å². The minimum absolute atomic E-state index is 0.0252.